The Morgan fingerprint density at radius 2 is 2.05 bits per heavy atom. The van der Waals surface area contributed by atoms with Gasteiger partial charge in [0.15, 0.2) is 0 Å². The third-order valence-electron chi connectivity index (χ3n) is 4.03. The van der Waals surface area contributed by atoms with Gasteiger partial charge < -0.3 is 5.32 Å². The van der Waals surface area contributed by atoms with Gasteiger partial charge >= 0.3 is 0 Å². The van der Waals surface area contributed by atoms with Crippen molar-refractivity contribution in [2.45, 2.75) is 32.7 Å². The second kappa shape index (κ2) is 6.88. The molecular weight excluding hydrogens is 232 g/mol. The van der Waals surface area contributed by atoms with Gasteiger partial charge in [0, 0.05) is 32.2 Å². The largest absolute Gasteiger partial charge is 0.314 e. The molecule has 2 rings (SSSR count). The lowest BCUT2D eigenvalue weighted by molar-refractivity contribution is 0.165. The van der Waals surface area contributed by atoms with Gasteiger partial charge in [0.2, 0.25) is 0 Å². The van der Waals surface area contributed by atoms with Gasteiger partial charge in [-0.25, -0.2) is 0 Å². The van der Waals surface area contributed by atoms with Crippen LogP contribution in [0.25, 0.3) is 0 Å². The number of rotatable bonds is 5. The molecular formula is C17H26N2. The molecule has 0 radical (unpaired) electrons. The molecule has 0 bridgehead atoms. The highest BCUT2D eigenvalue weighted by Gasteiger charge is 2.22. The number of nitrogens with one attached hydrogen (secondary N) is 1. The molecule has 0 spiro atoms. The van der Waals surface area contributed by atoms with E-state index in [-0.39, 0.29) is 0 Å². The number of aryl methyl sites for hydroxylation is 2. The van der Waals surface area contributed by atoms with Gasteiger partial charge in [-0.05, 0) is 37.8 Å². The van der Waals surface area contributed by atoms with Crippen molar-refractivity contribution in [3.8, 4) is 0 Å². The van der Waals surface area contributed by atoms with E-state index in [9.17, 15) is 0 Å². The van der Waals surface area contributed by atoms with Crippen molar-refractivity contribution in [3.05, 3.63) is 47.5 Å². The zero-order valence-corrected chi connectivity index (χ0v) is 12.3. The first-order valence-corrected chi connectivity index (χ1v) is 7.35. The lowest BCUT2D eigenvalue weighted by atomic mass is 9.94. The molecule has 0 saturated carbocycles. The van der Waals surface area contributed by atoms with Crippen LogP contribution in [0.15, 0.2) is 30.9 Å². The standard InChI is InChI=1S/C17H26N2/c1-4-5-6-17(19-11-9-18-10-12-19)16-13-14(2)7-8-15(16)3/h4,7-8,13,17-18H,1,5-6,9-12H2,2-3H3/t17-/m0/s1. The Balaban J connectivity index is 2.24. The minimum absolute atomic E-state index is 0.542. The summed E-state index contributed by atoms with van der Waals surface area (Å²) >= 11 is 0. The molecule has 1 aromatic rings. The molecule has 19 heavy (non-hydrogen) atoms. The van der Waals surface area contributed by atoms with E-state index in [1.165, 1.54) is 23.1 Å². The second-order valence-electron chi connectivity index (χ2n) is 5.53. The van der Waals surface area contributed by atoms with Crippen LogP contribution in [0, 0.1) is 13.8 Å². The maximum Gasteiger partial charge on any atom is 0.0354 e. The van der Waals surface area contributed by atoms with Gasteiger partial charge in [-0.3, -0.25) is 4.90 Å². The van der Waals surface area contributed by atoms with Crippen molar-refractivity contribution in [1.29, 1.82) is 0 Å². The third kappa shape index (κ3) is 3.68. The molecule has 2 heteroatoms. The van der Waals surface area contributed by atoms with Crippen molar-refractivity contribution >= 4 is 0 Å². The molecule has 2 nitrogen and oxygen atoms in total. The van der Waals surface area contributed by atoms with Crippen molar-refractivity contribution in [2.75, 3.05) is 26.2 Å². The average molecular weight is 258 g/mol. The molecule has 0 amide bonds. The Labute approximate surface area is 117 Å². The Morgan fingerprint density at radius 3 is 2.74 bits per heavy atom. The molecule has 1 aliphatic rings. The normalized spacial score (nSPS) is 18.2. The summed E-state index contributed by atoms with van der Waals surface area (Å²) in [5.74, 6) is 0. The predicted molar refractivity (Wildman–Crippen MR) is 82.5 cm³/mol. The van der Waals surface area contributed by atoms with Crippen LogP contribution in [-0.4, -0.2) is 31.1 Å². The fourth-order valence-electron chi connectivity index (χ4n) is 2.92. The first-order valence-electron chi connectivity index (χ1n) is 7.35. The minimum atomic E-state index is 0.542. The van der Waals surface area contributed by atoms with Crippen LogP contribution in [0.5, 0.6) is 0 Å². The van der Waals surface area contributed by atoms with Crippen molar-refractivity contribution in [1.82, 2.24) is 10.2 Å². The highest BCUT2D eigenvalue weighted by molar-refractivity contribution is 5.33. The van der Waals surface area contributed by atoms with Crippen LogP contribution in [0.2, 0.25) is 0 Å². The molecule has 0 unspecified atom stereocenters. The monoisotopic (exact) mass is 258 g/mol. The van der Waals surface area contributed by atoms with Gasteiger partial charge in [0.25, 0.3) is 0 Å². The second-order valence-corrected chi connectivity index (χ2v) is 5.53. The van der Waals surface area contributed by atoms with E-state index in [2.05, 4.69) is 48.8 Å². The number of nitrogens with zero attached hydrogens (tertiary/aromatic N) is 1. The minimum Gasteiger partial charge on any atom is -0.314 e. The molecule has 0 aromatic heterocycles. The number of benzene rings is 1. The van der Waals surface area contributed by atoms with E-state index in [0.29, 0.717) is 6.04 Å². The molecule has 1 fully saturated rings. The summed E-state index contributed by atoms with van der Waals surface area (Å²) in [6, 6.07) is 7.38. The molecule has 1 aliphatic heterocycles. The molecule has 1 heterocycles. The van der Waals surface area contributed by atoms with Gasteiger partial charge in [0.05, 0.1) is 0 Å². The summed E-state index contributed by atoms with van der Waals surface area (Å²) in [5, 5.41) is 3.44. The van der Waals surface area contributed by atoms with Crippen molar-refractivity contribution < 1.29 is 0 Å². The van der Waals surface area contributed by atoms with Crippen LogP contribution in [0.1, 0.15) is 35.6 Å². The summed E-state index contributed by atoms with van der Waals surface area (Å²) in [6.07, 6.45) is 4.30. The summed E-state index contributed by atoms with van der Waals surface area (Å²) < 4.78 is 0. The number of piperazine rings is 1. The molecule has 1 aromatic carbocycles. The average Bonchev–Trinajstić information content (AvgIpc) is 2.44. The summed E-state index contributed by atoms with van der Waals surface area (Å²) in [4.78, 5) is 2.63. The van der Waals surface area contributed by atoms with E-state index in [4.69, 9.17) is 0 Å². The zero-order valence-electron chi connectivity index (χ0n) is 12.3. The quantitative estimate of drug-likeness (QED) is 0.816. The molecule has 1 atom stereocenters. The van der Waals surface area contributed by atoms with Crippen LogP contribution >= 0.6 is 0 Å². The number of hydrogen-bond acceptors (Lipinski definition) is 2. The maximum absolute atomic E-state index is 3.88. The summed E-state index contributed by atoms with van der Waals surface area (Å²) in [5.41, 5.74) is 4.28. The highest BCUT2D eigenvalue weighted by atomic mass is 15.2. The van der Waals surface area contributed by atoms with Gasteiger partial charge in [0.1, 0.15) is 0 Å². The Kier molecular flexibility index (Phi) is 5.17. The van der Waals surface area contributed by atoms with E-state index in [0.717, 1.165) is 32.6 Å². The zero-order chi connectivity index (χ0) is 13.7. The Bertz CT molecular complexity index is 419. The Morgan fingerprint density at radius 1 is 1.32 bits per heavy atom. The molecule has 0 aliphatic carbocycles. The fraction of sp³-hybridized carbons (Fsp3) is 0.529. The van der Waals surface area contributed by atoms with Crippen LogP contribution in [0.4, 0.5) is 0 Å². The fourth-order valence-corrected chi connectivity index (χ4v) is 2.92. The maximum atomic E-state index is 3.88. The first kappa shape index (κ1) is 14.3. The molecule has 1 saturated heterocycles. The topological polar surface area (TPSA) is 15.3 Å². The molecule has 104 valence electrons. The van der Waals surface area contributed by atoms with E-state index >= 15 is 0 Å². The van der Waals surface area contributed by atoms with Crippen LogP contribution in [-0.2, 0) is 0 Å². The van der Waals surface area contributed by atoms with E-state index < -0.39 is 0 Å². The highest BCUT2D eigenvalue weighted by Crippen LogP contribution is 2.29. The Hall–Kier alpha value is -1.12. The lowest BCUT2D eigenvalue weighted by Gasteiger charge is -2.36. The van der Waals surface area contributed by atoms with Crippen molar-refractivity contribution in [3.63, 3.8) is 0 Å². The van der Waals surface area contributed by atoms with E-state index in [1.54, 1.807) is 0 Å². The van der Waals surface area contributed by atoms with Crippen LogP contribution < -0.4 is 5.32 Å². The van der Waals surface area contributed by atoms with Crippen molar-refractivity contribution in [2.24, 2.45) is 0 Å². The number of hydrogen-bond donors (Lipinski definition) is 1. The van der Waals surface area contributed by atoms with Gasteiger partial charge in [-0.15, -0.1) is 6.58 Å². The predicted octanol–water partition coefficient (Wildman–Crippen LogP) is 3.22. The SMILES string of the molecule is C=CCC[C@@H](c1cc(C)ccc1C)N1CCNCC1. The van der Waals surface area contributed by atoms with E-state index in [1.807, 2.05) is 6.08 Å². The van der Waals surface area contributed by atoms with Gasteiger partial charge in [-0.1, -0.05) is 29.8 Å². The molecule has 1 N–H and O–H groups in total. The summed E-state index contributed by atoms with van der Waals surface area (Å²) in [7, 11) is 0. The third-order valence-corrected chi connectivity index (χ3v) is 4.03. The van der Waals surface area contributed by atoms with Gasteiger partial charge in [-0.2, -0.15) is 0 Å². The summed E-state index contributed by atoms with van der Waals surface area (Å²) in [6.45, 7) is 12.8. The van der Waals surface area contributed by atoms with Crippen LogP contribution in [0.3, 0.4) is 0 Å². The first-order chi connectivity index (χ1) is 9.22. The smallest absolute Gasteiger partial charge is 0.0354 e. The lowest BCUT2D eigenvalue weighted by Crippen LogP contribution is -2.45. The number of allylic oxidation sites excluding steroid dienone is 1.